The summed E-state index contributed by atoms with van der Waals surface area (Å²) in [5.41, 5.74) is 0.786. The van der Waals surface area contributed by atoms with Crippen LogP contribution in [0.25, 0.3) is 0 Å². The number of ether oxygens (including phenoxy) is 2. The zero-order valence-electron chi connectivity index (χ0n) is 14.6. The van der Waals surface area contributed by atoms with Crippen molar-refractivity contribution >= 4 is 17.6 Å². The van der Waals surface area contributed by atoms with Crippen LogP contribution < -0.4 is 10.6 Å². The Morgan fingerprint density at radius 2 is 2.04 bits per heavy atom. The highest BCUT2D eigenvalue weighted by Crippen LogP contribution is 2.21. The predicted octanol–water partition coefficient (Wildman–Crippen LogP) is 1.08. The van der Waals surface area contributed by atoms with Gasteiger partial charge in [0.25, 0.3) is 0 Å². The maximum absolute atomic E-state index is 12.1. The summed E-state index contributed by atoms with van der Waals surface area (Å²) in [5.74, 6) is 0.616. The van der Waals surface area contributed by atoms with Gasteiger partial charge >= 0.3 is 0 Å². The van der Waals surface area contributed by atoms with E-state index in [1.807, 2.05) is 30.3 Å². The molecule has 0 bridgehead atoms. The number of hydrogen-bond acceptors (Lipinski definition) is 4. The number of hydrogen-bond donors (Lipinski definition) is 2. The molecule has 2 unspecified atom stereocenters. The van der Waals surface area contributed by atoms with Crippen LogP contribution in [-0.2, 0) is 14.3 Å². The van der Waals surface area contributed by atoms with E-state index in [4.69, 9.17) is 9.47 Å². The largest absolute Gasteiger partial charge is 0.375 e. The van der Waals surface area contributed by atoms with Crippen molar-refractivity contribution in [1.82, 2.24) is 10.2 Å². The van der Waals surface area contributed by atoms with Gasteiger partial charge in [-0.3, -0.25) is 9.79 Å². The second kappa shape index (κ2) is 8.82. The lowest BCUT2D eigenvalue weighted by atomic mass is 10.1. The standard InChI is InChI=1S/C18H26N4O3/c1-19-18(20-12-17(23)21-14-6-3-2-4-7-14)22-9-11-25-16(13-22)15-8-5-10-24-15/h2-4,6-7,15-16H,5,8-13H2,1H3,(H,19,20)(H,21,23). The van der Waals surface area contributed by atoms with Gasteiger partial charge in [-0.05, 0) is 25.0 Å². The van der Waals surface area contributed by atoms with Crippen LogP contribution in [0.5, 0.6) is 0 Å². The number of benzene rings is 1. The maximum atomic E-state index is 12.1. The SMILES string of the molecule is CN=C(NCC(=O)Nc1ccccc1)N1CCOC(C2CCCO2)C1. The van der Waals surface area contributed by atoms with Crippen LogP contribution in [0.2, 0.25) is 0 Å². The maximum Gasteiger partial charge on any atom is 0.243 e. The van der Waals surface area contributed by atoms with Gasteiger partial charge < -0.3 is 25.0 Å². The number of carbonyl (C=O) groups is 1. The molecule has 0 aliphatic carbocycles. The summed E-state index contributed by atoms with van der Waals surface area (Å²) in [6.45, 7) is 3.11. The lowest BCUT2D eigenvalue weighted by Crippen LogP contribution is -2.54. The molecule has 0 aromatic heterocycles. The fourth-order valence-corrected chi connectivity index (χ4v) is 3.21. The Labute approximate surface area is 148 Å². The monoisotopic (exact) mass is 346 g/mol. The highest BCUT2D eigenvalue weighted by Gasteiger charge is 2.32. The predicted molar refractivity (Wildman–Crippen MR) is 96.7 cm³/mol. The molecule has 2 fully saturated rings. The average molecular weight is 346 g/mol. The van der Waals surface area contributed by atoms with E-state index in [-0.39, 0.29) is 24.7 Å². The molecule has 0 saturated carbocycles. The van der Waals surface area contributed by atoms with E-state index in [1.54, 1.807) is 7.05 Å². The first-order valence-electron chi connectivity index (χ1n) is 8.80. The summed E-state index contributed by atoms with van der Waals surface area (Å²) in [5, 5.41) is 6.00. The molecule has 1 amide bonds. The van der Waals surface area contributed by atoms with Crippen molar-refractivity contribution < 1.29 is 14.3 Å². The third-order valence-electron chi connectivity index (χ3n) is 4.45. The number of aliphatic imine (C=N–C) groups is 1. The minimum Gasteiger partial charge on any atom is -0.375 e. The highest BCUT2D eigenvalue weighted by atomic mass is 16.5. The molecule has 136 valence electrons. The lowest BCUT2D eigenvalue weighted by molar-refractivity contribution is -0.115. The Kier molecular flexibility index (Phi) is 6.25. The first-order chi connectivity index (χ1) is 12.3. The van der Waals surface area contributed by atoms with Crippen molar-refractivity contribution in [2.45, 2.75) is 25.0 Å². The number of morpholine rings is 1. The number of nitrogens with one attached hydrogen (secondary N) is 2. The van der Waals surface area contributed by atoms with Crippen LogP contribution in [0.4, 0.5) is 5.69 Å². The van der Waals surface area contributed by atoms with Crippen LogP contribution >= 0.6 is 0 Å². The molecule has 2 heterocycles. The summed E-state index contributed by atoms with van der Waals surface area (Å²) in [6.07, 6.45) is 2.37. The van der Waals surface area contributed by atoms with Crippen molar-refractivity contribution in [3.05, 3.63) is 30.3 Å². The first kappa shape index (κ1) is 17.7. The minimum atomic E-state index is -0.101. The van der Waals surface area contributed by atoms with Crippen LogP contribution in [-0.4, -0.2) is 68.9 Å². The third kappa shape index (κ3) is 4.93. The molecule has 7 nitrogen and oxygen atoms in total. The van der Waals surface area contributed by atoms with Gasteiger partial charge in [0.05, 0.1) is 19.3 Å². The molecule has 7 heteroatoms. The van der Waals surface area contributed by atoms with Crippen LogP contribution in [0, 0.1) is 0 Å². The Morgan fingerprint density at radius 3 is 2.76 bits per heavy atom. The summed E-state index contributed by atoms with van der Waals surface area (Å²) in [6, 6.07) is 9.42. The normalized spacial score (nSPS) is 24.2. The van der Waals surface area contributed by atoms with Crippen molar-refractivity contribution in [2.24, 2.45) is 4.99 Å². The fraction of sp³-hybridized carbons (Fsp3) is 0.556. The van der Waals surface area contributed by atoms with E-state index in [0.29, 0.717) is 6.61 Å². The zero-order chi connectivity index (χ0) is 17.5. The molecule has 25 heavy (non-hydrogen) atoms. The third-order valence-corrected chi connectivity index (χ3v) is 4.45. The highest BCUT2D eigenvalue weighted by molar-refractivity contribution is 5.94. The van der Waals surface area contributed by atoms with Gasteiger partial charge in [0, 0.05) is 32.4 Å². The van der Waals surface area contributed by atoms with Crippen molar-refractivity contribution in [2.75, 3.05) is 45.2 Å². The summed E-state index contributed by atoms with van der Waals surface area (Å²) in [7, 11) is 1.73. The summed E-state index contributed by atoms with van der Waals surface area (Å²) >= 11 is 0. The van der Waals surface area contributed by atoms with Gasteiger partial charge in [-0.15, -0.1) is 0 Å². The molecule has 2 saturated heterocycles. The zero-order valence-corrected chi connectivity index (χ0v) is 14.6. The van der Waals surface area contributed by atoms with Gasteiger partial charge in [-0.25, -0.2) is 0 Å². The quantitative estimate of drug-likeness (QED) is 0.630. The Morgan fingerprint density at radius 1 is 1.24 bits per heavy atom. The smallest absolute Gasteiger partial charge is 0.243 e. The van der Waals surface area contributed by atoms with E-state index in [2.05, 4.69) is 20.5 Å². The van der Waals surface area contributed by atoms with E-state index in [1.165, 1.54) is 0 Å². The Balaban J connectivity index is 1.49. The Bertz CT molecular complexity index is 587. The summed E-state index contributed by atoms with van der Waals surface area (Å²) in [4.78, 5) is 18.5. The molecule has 2 aliphatic heterocycles. The molecule has 2 N–H and O–H groups in total. The average Bonchev–Trinajstić information content (AvgIpc) is 3.18. The van der Waals surface area contributed by atoms with Gasteiger partial charge in [-0.1, -0.05) is 18.2 Å². The number of carbonyl (C=O) groups excluding carboxylic acids is 1. The topological polar surface area (TPSA) is 75.2 Å². The number of nitrogens with zero attached hydrogens (tertiary/aromatic N) is 2. The number of anilines is 1. The van der Waals surface area contributed by atoms with E-state index < -0.39 is 0 Å². The van der Waals surface area contributed by atoms with Crippen LogP contribution in [0.3, 0.4) is 0 Å². The van der Waals surface area contributed by atoms with Crippen LogP contribution in [0.1, 0.15) is 12.8 Å². The first-order valence-corrected chi connectivity index (χ1v) is 8.80. The number of rotatable bonds is 4. The Hall–Kier alpha value is -2.12. The summed E-state index contributed by atoms with van der Waals surface area (Å²) < 4.78 is 11.6. The molecular formula is C18H26N4O3. The lowest BCUT2D eigenvalue weighted by Gasteiger charge is -2.37. The van der Waals surface area contributed by atoms with Crippen molar-refractivity contribution in [1.29, 1.82) is 0 Å². The van der Waals surface area contributed by atoms with Gasteiger partial charge in [0.15, 0.2) is 5.96 Å². The molecule has 0 radical (unpaired) electrons. The molecule has 1 aromatic rings. The number of amides is 1. The molecule has 0 spiro atoms. The van der Waals surface area contributed by atoms with Gasteiger partial charge in [0.1, 0.15) is 6.10 Å². The number of guanidine groups is 1. The number of para-hydroxylation sites is 1. The van der Waals surface area contributed by atoms with E-state index >= 15 is 0 Å². The second-order valence-corrected chi connectivity index (χ2v) is 6.22. The van der Waals surface area contributed by atoms with Gasteiger partial charge in [-0.2, -0.15) is 0 Å². The van der Waals surface area contributed by atoms with Crippen molar-refractivity contribution in [3.8, 4) is 0 Å². The van der Waals surface area contributed by atoms with E-state index in [0.717, 1.165) is 44.2 Å². The molecule has 3 rings (SSSR count). The molecular weight excluding hydrogens is 320 g/mol. The van der Waals surface area contributed by atoms with Crippen molar-refractivity contribution in [3.63, 3.8) is 0 Å². The fourth-order valence-electron chi connectivity index (χ4n) is 3.21. The van der Waals surface area contributed by atoms with Crippen LogP contribution in [0.15, 0.2) is 35.3 Å². The molecule has 2 atom stereocenters. The molecule has 1 aromatic carbocycles. The minimum absolute atomic E-state index is 0.0629. The second-order valence-electron chi connectivity index (χ2n) is 6.22. The van der Waals surface area contributed by atoms with Gasteiger partial charge in [0.2, 0.25) is 5.91 Å². The van der Waals surface area contributed by atoms with E-state index in [9.17, 15) is 4.79 Å². The molecule has 2 aliphatic rings.